The van der Waals surface area contributed by atoms with Crippen molar-refractivity contribution in [2.75, 3.05) is 6.54 Å². The van der Waals surface area contributed by atoms with Gasteiger partial charge in [0.25, 0.3) is 0 Å². The summed E-state index contributed by atoms with van der Waals surface area (Å²) in [7, 11) is 0. The summed E-state index contributed by atoms with van der Waals surface area (Å²) >= 11 is 0. The predicted octanol–water partition coefficient (Wildman–Crippen LogP) is 2.48. The minimum atomic E-state index is -0.794. The number of nitrogens with one attached hydrogen (secondary N) is 1. The summed E-state index contributed by atoms with van der Waals surface area (Å²) < 4.78 is 0. The summed E-state index contributed by atoms with van der Waals surface area (Å²) in [6.07, 6.45) is 4.73. The Morgan fingerprint density at radius 3 is 2.18 bits per heavy atom. The molecule has 2 N–H and O–H groups in total. The van der Waals surface area contributed by atoms with Crippen LogP contribution < -0.4 is 5.32 Å². The van der Waals surface area contributed by atoms with Crippen molar-refractivity contribution in [3.8, 4) is 0 Å². The summed E-state index contributed by atoms with van der Waals surface area (Å²) in [6.45, 7) is 0.572. The Bertz CT molecular complexity index is 535. The number of hydrogen-bond acceptors (Lipinski definition) is 2. The Morgan fingerprint density at radius 2 is 1.59 bits per heavy atom. The summed E-state index contributed by atoms with van der Waals surface area (Å²) in [4.78, 5) is 24.1. The largest absolute Gasteiger partial charge is 0.481 e. The minimum Gasteiger partial charge on any atom is -0.481 e. The van der Waals surface area contributed by atoms with E-state index in [1.165, 1.54) is 5.56 Å². The first-order chi connectivity index (χ1) is 10.7. The number of carboxylic acid groups (broad SMARTS) is 1. The van der Waals surface area contributed by atoms with Crippen LogP contribution in [0.2, 0.25) is 0 Å². The topological polar surface area (TPSA) is 66.4 Å². The summed E-state index contributed by atoms with van der Waals surface area (Å²) in [5.41, 5.74) is 1.18. The monoisotopic (exact) mass is 301 g/mol. The molecule has 0 aliphatic heterocycles. The minimum absolute atomic E-state index is 0.0577. The van der Waals surface area contributed by atoms with Crippen LogP contribution in [0.5, 0.6) is 0 Å². The van der Waals surface area contributed by atoms with E-state index in [0.717, 1.165) is 32.1 Å². The molecule has 4 rings (SSSR count). The van der Waals surface area contributed by atoms with Gasteiger partial charge in [-0.05, 0) is 49.5 Å². The maximum atomic E-state index is 12.5. The smallest absolute Gasteiger partial charge is 0.307 e. The van der Waals surface area contributed by atoms with E-state index in [0.29, 0.717) is 6.54 Å². The maximum absolute atomic E-state index is 12.5. The molecule has 0 unspecified atom stereocenters. The highest BCUT2D eigenvalue weighted by molar-refractivity contribution is 5.85. The molecular formula is C18H23NO3. The van der Waals surface area contributed by atoms with Gasteiger partial charge in [0.1, 0.15) is 0 Å². The van der Waals surface area contributed by atoms with Gasteiger partial charge < -0.3 is 10.4 Å². The molecule has 2 atom stereocenters. The molecule has 0 aromatic heterocycles. The van der Waals surface area contributed by atoms with Crippen molar-refractivity contribution in [3.63, 3.8) is 0 Å². The lowest BCUT2D eigenvalue weighted by atomic mass is 9.58. The van der Waals surface area contributed by atoms with Gasteiger partial charge in [-0.1, -0.05) is 30.3 Å². The molecule has 1 aromatic rings. The molecule has 0 saturated heterocycles. The number of amides is 1. The van der Waals surface area contributed by atoms with Crippen molar-refractivity contribution in [3.05, 3.63) is 35.9 Å². The Kier molecular flexibility index (Phi) is 4.46. The first-order valence-corrected chi connectivity index (χ1v) is 8.21. The Hall–Kier alpha value is -1.84. The van der Waals surface area contributed by atoms with Crippen molar-refractivity contribution in [1.82, 2.24) is 5.32 Å². The second kappa shape index (κ2) is 6.51. The van der Waals surface area contributed by atoms with Crippen molar-refractivity contribution in [1.29, 1.82) is 0 Å². The summed E-state index contributed by atoms with van der Waals surface area (Å²) in [5.74, 6) is -1.23. The number of carbonyl (C=O) groups is 2. The lowest BCUT2D eigenvalue weighted by molar-refractivity contribution is -0.158. The van der Waals surface area contributed by atoms with Gasteiger partial charge in [0.15, 0.2) is 0 Å². The average molecular weight is 301 g/mol. The predicted molar refractivity (Wildman–Crippen MR) is 83.2 cm³/mol. The zero-order chi connectivity index (χ0) is 15.5. The quantitative estimate of drug-likeness (QED) is 0.878. The Labute approximate surface area is 130 Å². The molecule has 3 aliphatic rings. The van der Waals surface area contributed by atoms with Crippen LogP contribution in [0.15, 0.2) is 30.3 Å². The Balaban J connectivity index is 1.59. The van der Waals surface area contributed by atoms with Gasteiger partial charge in [-0.25, -0.2) is 0 Å². The van der Waals surface area contributed by atoms with Gasteiger partial charge >= 0.3 is 5.97 Å². The van der Waals surface area contributed by atoms with Crippen LogP contribution in [0.1, 0.15) is 31.2 Å². The fourth-order valence-corrected chi connectivity index (χ4v) is 4.27. The summed E-state index contributed by atoms with van der Waals surface area (Å²) in [6, 6.07) is 10.0. The molecule has 2 bridgehead atoms. The number of carboxylic acids is 1. The van der Waals surface area contributed by atoms with Gasteiger partial charge in [0, 0.05) is 6.54 Å². The van der Waals surface area contributed by atoms with E-state index in [1.807, 2.05) is 30.3 Å². The highest BCUT2D eigenvalue weighted by Gasteiger charge is 2.50. The van der Waals surface area contributed by atoms with E-state index in [4.69, 9.17) is 0 Å². The fourth-order valence-electron chi connectivity index (χ4n) is 4.27. The molecule has 4 nitrogen and oxygen atoms in total. The van der Waals surface area contributed by atoms with Crippen LogP contribution in [-0.4, -0.2) is 23.5 Å². The molecule has 1 amide bonds. The normalized spacial score (nSPS) is 30.0. The maximum Gasteiger partial charge on any atom is 0.307 e. The number of rotatable bonds is 5. The first kappa shape index (κ1) is 15.1. The third-order valence-corrected chi connectivity index (χ3v) is 5.36. The van der Waals surface area contributed by atoms with E-state index in [9.17, 15) is 14.7 Å². The molecule has 0 spiro atoms. The molecule has 1 aromatic carbocycles. The van der Waals surface area contributed by atoms with Crippen molar-refractivity contribution in [2.24, 2.45) is 23.7 Å². The highest BCUT2D eigenvalue weighted by Crippen LogP contribution is 2.49. The zero-order valence-corrected chi connectivity index (χ0v) is 12.7. The fraction of sp³-hybridized carbons (Fsp3) is 0.556. The molecule has 3 aliphatic carbocycles. The van der Waals surface area contributed by atoms with Gasteiger partial charge in [-0.3, -0.25) is 9.59 Å². The number of fused-ring (bicyclic) bond motifs is 3. The Morgan fingerprint density at radius 1 is 1.00 bits per heavy atom. The zero-order valence-electron chi connectivity index (χ0n) is 12.7. The number of benzene rings is 1. The molecule has 3 saturated carbocycles. The molecule has 22 heavy (non-hydrogen) atoms. The van der Waals surface area contributed by atoms with E-state index in [1.54, 1.807) is 0 Å². The van der Waals surface area contributed by atoms with E-state index >= 15 is 0 Å². The van der Waals surface area contributed by atoms with E-state index in [2.05, 4.69) is 5.32 Å². The number of carbonyl (C=O) groups excluding carboxylic acids is 1. The highest BCUT2D eigenvalue weighted by atomic mass is 16.4. The average Bonchev–Trinajstić information content (AvgIpc) is 2.55. The first-order valence-electron chi connectivity index (χ1n) is 8.21. The molecule has 0 radical (unpaired) electrons. The van der Waals surface area contributed by atoms with Crippen molar-refractivity contribution in [2.45, 2.75) is 32.1 Å². The lowest BCUT2D eigenvalue weighted by Gasteiger charge is -2.45. The standard InChI is InChI=1S/C18H23NO3/c20-17(19-11-10-12-4-2-1-3-5-12)15-13-6-8-14(9-7-13)16(15)18(21)22/h1-5,13-16H,6-11H2,(H,19,20)(H,21,22)/t13?,14?,15-,16+/m0/s1. The third kappa shape index (κ3) is 3.01. The van der Waals surface area contributed by atoms with Crippen LogP contribution in [0.25, 0.3) is 0 Å². The van der Waals surface area contributed by atoms with Crippen molar-refractivity contribution >= 4 is 11.9 Å². The molecule has 4 heteroatoms. The second-order valence-corrected chi connectivity index (χ2v) is 6.59. The summed E-state index contributed by atoms with van der Waals surface area (Å²) in [5, 5.41) is 12.5. The van der Waals surface area contributed by atoms with Crippen molar-refractivity contribution < 1.29 is 14.7 Å². The van der Waals surface area contributed by atoms with Gasteiger partial charge in [-0.15, -0.1) is 0 Å². The van der Waals surface area contributed by atoms with Crippen LogP contribution in [0.3, 0.4) is 0 Å². The number of hydrogen-bond donors (Lipinski definition) is 2. The van der Waals surface area contributed by atoms with Crippen LogP contribution >= 0.6 is 0 Å². The second-order valence-electron chi connectivity index (χ2n) is 6.59. The van der Waals surface area contributed by atoms with Gasteiger partial charge in [0.2, 0.25) is 5.91 Å². The number of aliphatic carboxylic acids is 1. The third-order valence-electron chi connectivity index (χ3n) is 5.36. The van der Waals surface area contributed by atoms with Crippen LogP contribution in [0.4, 0.5) is 0 Å². The molecular weight excluding hydrogens is 278 g/mol. The SMILES string of the molecule is O=C(O)[C@@H]1C2CCC(CC2)[C@@H]1C(=O)NCCc1ccccc1. The molecule has 3 fully saturated rings. The molecule has 118 valence electrons. The van der Waals surface area contributed by atoms with Crippen LogP contribution in [0, 0.1) is 23.7 Å². The van der Waals surface area contributed by atoms with Crippen LogP contribution in [-0.2, 0) is 16.0 Å². The molecule has 0 heterocycles. The van der Waals surface area contributed by atoms with Gasteiger partial charge in [0.05, 0.1) is 11.8 Å². The van der Waals surface area contributed by atoms with E-state index in [-0.39, 0.29) is 23.7 Å². The van der Waals surface area contributed by atoms with Gasteiger partial charge in [-0.2, -0.15) is 0 Å². The lowest BCUT2D eigenvalue weighted by Crippen LogP contribution is -2.51. The van der Waals surface area contributed by atoms with E-state index < -0.39 is 11.9 Å².